The summed E-state index contributed by atoms with van der Waals surface area (Å²) in [6.45, 7) is 1.89. The van der Waals surface area contributed by atoms with Crippen LogP contribution in [-0.4, -0.2) is 42.5 Å². The van der Waals surface area contributed by atoms with E-state index in [1.54, 1.807) is 30.3 Å². The van der Waals surface area contributed by atoms with Crippen molar-refractivity contribution in [3.8, 4) is 0 Å². The van der Waals surface area contributed by atoms with Crippen molar-refractivity contribution < 1.29 is 22.1 Å². The lowest BCUT2D eigenvalue weighted by Crippen LogP contribution is -2.35. The van der Waals surface area contributed by atoms with Gasteiger partial charge in [0.1, 0.15) is 25.3 Å². The van der Waals surface area contributed by atoms with Gasteiger partial charge in [-0.3, -0.25) is 4.18 Å². The Bertz CT molecular complexity index is 1160. The van der Waals surface area contributed by atoms with Crippen molar-refractivity contribution in [2.75, 3.05) is 13.2 Å². The third kappa shape index (κ3) is 4.92. The van der Waals surface area contributed by atoms with Crippen LogP contribution in [0.2, 0.25) is 10.0 Å². The summed E-state index contributed by atoms with van der Waals surface area (Å²) >= 11 is 12.4. The molecule has 1 aliphatic heterocycles. The molecule has 0 radical (unpaired) electrons. The molecule has 2 heterocycles. The Morgan fingerprint density at radius 1 is 1.23 bits per heavy atom. The third-order valence-corrected chi connectivity index (χ3v) is 6.60. The number of hydrogen-bond acceptors (Lipinski definition) is 7. The van der Waals surface area contributed by atoms with Crippen LogP contribution in [0, 0.1) is 6.92 Å². The zero-order valence-electron chi connectivity index (χ0n) is 16.4. The number of rotatable bonds is 7. The number of halogens is 2. The highest BCUT2D eigenvalue weighted by atomic mass is 35.5. The molecule has 0 amide bonds. The van der Waals surface area contributed by atoms with Crippen LogP contribution in [-0.2, 0) is 36.1 Å². The molecule has 1 aromatic heterocycles. The summed E-state index contributed by atoms with van der Waals surface area (Å²) < 4.78 is 43.9. The van der Waals surface area contributed by atoms with Gasteiger partial charge in [-0.05, 0) is 31.2 Å². The van der Waals surface area contributed by atoms with Gasteiger partial charge in [-0.25, -0.2) is 9.67 Å². The molecule has 11 heteroatoms. The lowest BCUT2D eigenvalue weighted by atomic mass is 10.1. The van der Waals surface area contributed by atoms with Gasteiger partial charge in [-0.15, -0.1) is 0 Å². The zero-order chi connectivity index (χ0) is 22.1. The fraction of sp³-hybridized carbons (Fsp3) is 0.300. The van der Waals surface area contributed by atoms with Gasteiger partial charge < -0.3 is 9.47 Å². The second kappa shape index (κ2) is 8.85. The zero-order valence-corrected chi connectivity index (χ0v) is 18.8. The quantitative estimate of drug-likeness (QED) is 0.474. The van der Waals surface area contributed by atoms with Gasteiger partial charge in [0.05, 0.1) is 23.1 Å². The fourth-order valence-corrected chi connectivity index (χ4v) is 4.71. The van der Waals surface area contributed by atoms with Crippen molar-refractivity contribution in [1.82, 2.24) is 14.8 Å². The number of aromatic nitrogens is 3. The van der Waals surface area contributed by atoms with Gasteiger partial charge in [0, 0.05) is 10.6 Å². The summed E-state index contributed by atoms with van der Waals surface area (Å²) in [5, 5.41) is 4.92. The second-order valence-electron chi connectivity index (χ2n) is 7.07. The van der Waals surface area contributed by atoms with Crippen molar-refractivity contribution in [2.24, 2.45) is 0 Å². The molecule has 0 spiro atoms. The van der Waals surface area contributed by atoms with Gasteiger partial charge in [-0.1, -0.05) is 47.0 Å². The molecule has 4 rings (SSSR count). The van der Waals surface area contributed by atoms with E-state index >= 15 is 0 Å². The molecule has 0 aliphatic carbocycles. The van der Waals surface area contributed by atoms with Crippen molar-refractivity contribution in [3.63, 3.8) is 0 Å². The number of hydrogen-bond donors (Lipinski definition) is 0. The van der Waals surface area contributed by atoms with Crippen LogP contribution < -0.4 is 0 Å². The highest BCUT2D eigenvalue weighted by Crippen LogP contribution is 2.40. The van der Waals surface area contributed by atoms with Gasteiger partial charge in [-0.2, -0.15) is 13.5 Å². The highest BCUT2D eigenvalue weighted by Gasteiger charge is 2.46. The van der Waals surface area contributed by atoms with E-state index in [-0.39, 0.29) is 24.7 Å². The summed E-state index contributed by atoms with van der Waals surface area (Å²) in [6, 6.07) is 11.4. The molecule has 8 nitrogen and oxygen atoms in total. The van der Waals surface area contributed by atoms with Crippen molar-refractivity contribution in [2.45, 2.75) is 30.3 Å². The first-order valence-electron chi connectivity index (χ1n) is 9.33. The predicted molar refractivity (Wildman–Crippen MR) is 113 cm³/mol. The fourth-order valence-electron chi connectivity index (χ4n) is 3.22. The predicted octanol–water partition coefficient (Wildman–Crippen LogP) is 3.57. The molecule has 164 valence electrons. The minimum Gasteiger partial charge on any atom is -0.342 e. The Hall–Kier alpha value is -2.01. The van der Waals surface area contributed by atoms with Crippen molar-refractivity contribution in [3.05, 3.63) is 76.3 Å². The van der Waals surface area contributed by atoms with E-state index in [9.17, 15) is 8.42 Å². The molecule has 1 aliphatic rings. The van der Waals surface area contributed by atoms with Crippen LogP contribution in [0.15, 0.2) is 60.0 Å². The summed E-state index contributed by atoms with van der Waals surface area (Å²) in [4.78, 5) is 4.01. The molecule has 2 aromatic carbocycles. The van der Waals surface area contributed by atoms with E-state index in [0.29, 0.717) is 15.6 Å². The summed E-state index contributed by atoms with van der Waals surface area (Å²) in [5.41, 5.74) is 1.49. The van der Waals surface area contributed by atoms with E-state index in [1.165, 1.54) is 29.5 Å². The van der Waals surface area contributed by atoms with Gasteiger partial charge in [0.25, 0.3) is 10.1 Å². The molecule has 31 heavy (non-hydrogen) atoms. The van der Waals surface area contributed by atoms with Gasteiger partial charge >= 0.3 is 0 Å². The molecule has 0 unspecified atom stereocenters. The average molecular weight is 484 g/mol. The highest BCUT2D eigenvalue weighted by molar-refractivity contribution is 7.86. The maximum Gasteiger partial charge on any atom is 0.297 e. The van der Waals surface area contributed by atoms with Crippen molar-refractivity contribution >= 4 is 33.3 Å². The standard InChI is InChI=1S/C20H19Cl2N3O5S/c1-14-2-5-17(6-3-14)31(26,27)29-10-16-9-28-20(30-16,11-25-13-23-12-24-25)18-7-4-15(21)8-19(18)22/h2-8,12-13,16H,9-11H2,1H3/t16-,20-/m0/s1. The Morgan fingerprint density at radius 3 is 2.68 bits per heavy atom. The first-order chi connectivity index (χ1) is 14.8. The van der Waals surface area contributed by atoms with E-state index in [4.69, 9.17) is 36.9 Å². The number of benzene rings is 2. The van der Waals surface area contributed by atoms with Crippen LogP contribution >= 0.6 is 23.2 Å². The van der Waals surface area contributed by atoms with Crippen LogP contribution in [0.1, 0.15) is 11.1 Å². The summed E-state index contributed by atoms with van der Waals surface area (Å²) in [7, 11) is -3.94. The van der Waals surface area contributed by atoms with Gasteiger partial charge in [0.2, 0.25) is 5.79 Å². The Morgan fingerprint density at radius 2 is 2.00 bits per heavy atom. The lowest BCUT2D eigenvalue weighted by Gasteiger charge is -2.29. The van der Waals surface area contributed by atoms with Gasteiger partial charge in [0.15, 0.2) is 0 Å². The van der Waals surface area contributed by atoms with E-state index < -0.39 is 22.0 Å². The third-order valence-electron chi connectivity index (χ3n) is 4.76. The van der Waals surface area contributed by atoms with Crippen LogP contribution in [0.3, 0.4) is 0 Å². The minimum atomic E-state index is -3.94. The SMILES string of the molecule is Cc1ccc(S(=O)(=O)OC[C@@H]2CO[C@](Cn3cncn3)(c3ccc(Cl)cc3Cl)O2)cc1. The molecule has 1 fully saturated rings. The smallest absolute Gasteiger partial charge is 0.297 e. The molecule has 1 saturated heterocycles. The minimum absolute atomic E-state index is 0.0756. The normalized spacial score (nSPS) is 21.5. The number of aryl methyl sites for hydroxylation is 1. The second-order valence-corrected chi connectivity index (χ2v) is 9.53. The molecule has 3 aromatic rings. The van der Waals surface area contributed by atoms with E-state index in [1.807, 2.05) is 6.92 Å². The topological polar surface area (TPSA) is 92.5 Å². The first-order valence-corrected chi connectivity index (χ1v) is 11.5. The molecular formula is C20H19Cl2N3O5S. The summed E-state index contributed by atoms with van der Waals surface area (Å²) in [5.74, 6) is -1.31. The van der Waals surface area contributed by atoms with Crippen molar-refractivity contribution in [1.29, 1.82) is 0 Å². The number of nitrogens with zero attached hydrogens (tertiary/aromatic N) is 3. The largest absolute Gasteiger partial charge is 0.342 e. The molecule has 0 N–H and O–H groups in total. The van der Waals surface area contributed by atoms with E-state index in [0.717, 1.165) is 5.56 Å². The Balaban J connectivity index is 1.53. The molecular weight excluding hydrogens is 465 g/mol. The van der Waals surface area contributed by atoms with Crippen LogP contribution in [0.5, 0.6) is 0 Å². The molecule has 0 bridgehead atoms. The number of ether oxygens (including phenoxy) is 2. The van der Waals surface area contributed by atoms with E-state index in [2.05, 4.69) is 10.1 Å². The first kappa shape index (κ1) is 22.2. The maximum atomic E-state index is 12.5. The monoisotopic (exact) mass is 483 g/mol. The maximum absolute atomic E-state index is 12.5. The summed E-state index contributed by atoms with van der Waals surface area (Å²) in [6.07, 6.45) is 2.25. The molecule has 2 atom stereocenters. The lowest BCUT2D eigenvalue weighted by molar-refractivity contribution is -0.190. The average Bonchev–Trinajstić information content (AvgIpc) is 3.38. The van der Waals surface area contributed by atoms with Crippen LogP contribution in [0.4, 0.5) is 0 Å². The Kier molecular flexibility index (Phi) is 6.34. The Labute approximate surface area is 189 Å². The molecule has 0 saturated carbocycles. The van der Waals surface area contributed by atoms with Crippen LogP contribution in [0.25, 0.3) is 0 Å².